The number of primary amides is 1. The van der Waals surface area contributed by atoms with Gasteiger partial charge in [-0.2, -0.15) is 18.3 Å². The second-order valence-electron chi connectivity index (χ2n) is 7.86. The molecule has 4 aromatic rings. The average Bonchev–Trinajstić information content (AvgIpc) is 3.30. The fourth-order valence-corrected chi connectivity index (χ4v) is 4.87. The molecule has 182 valence electrons. The number of pyridine rings is 1. The number of nitrogens with two attached hydrogens (primary N) is 1. The highest BCUT2D eigenvalue weighted by Crippen LogP contribution is 2.43. The topological polar surface area (TPSA) is 103 Å². The first-order valence-corrected chi connectivity index (χ1v) is 11.5. The maximum Gasteiger partial charge on any atom is 0.433 e. The number of benzene rings is 1. The van der Waals surface area contributed by atoms with Gasteiger partial charge in [0.25, 0.3) is 5.91 Å². The molecule has 0 aliphatic carbocycles. The Kier molecular flexibility index (Phi) is 6.32. The Morgan fingerprint density at radius 1 is 1.20 bits per heavy atom. The molecule has 0 aliphatic heterocycles. The monoisotopic (exact) mass is 521 g/mol. The number of carbonyl (C=O) groups is 2. The molecule has 3 N–H and O–H groups in total. The number of nitrogens with one attached hydrogen (secondary N) is 1. The Bertz CT molecular complexity index is 1460. The van der Waals surface area contributed by atoms with Crippen molar-refractivity contribution in [1.82, 2.24) is 14.8 Å². The van der Waals surface area contributed by atoms with Gasteiger partial charge in [-0.15, -0.1) is 11.3 Å². The van der Waals surface area contributed by atoms with E-state index in [-0.39, 0.29) is 26.3 Å². The van der Waals surface area contributed by atoms with E-state index in [4.69, 9.17) is 17.3 Å². The van der Waals surface area contributed by atoms with Crippen molar-refractivity contribution >= 4 is 50.7 Å². The smallest absolute Gasteiger partial charge is 0.365 e. The van der Waals surface area contributed by atoms with Crippen LogP contribution >= 0.6 is 22.9 Å². The number of fused-ring (bicyclic) bond motifs is 1. The van der Waals surface area contributed by atoms with Gasteiger partial charge < -0.3 is 11.1 Å². The van der Waals surface area contributed by atoms with E-state index in [1.165, 1.54) is 4.68 Å². The van der Waals surface area contributed by atoms with Gasteiger partial charge >= 0.3 is 6.18 Å². The minimum absolute atomic E-state index is 0.00190. The van der Waals surface area contributed by atoms with E-state index in [0.29, 0.717) is 33.3 Å². The van der Waals surface area contributed by atoms with Gasteiger partial charge in [0.05, 0.1) is 22.1 Å². The highest BCUT2D eigenvalue weighted by Gasteiger charge is 2.35. The summed E-state index contributed by atoms with van der Waals surface area (Å²) in [4.78, 5) is 29.0. The molecule has 0 aliphatic rings. The molecule has 0 spiro atoms. The van der Waals surface area contributed by atoms with Crippen molar-refractivity contribution in [2.45, 2.75) is 33.0 Å². The summed E-state index contributed by atoms with van der Waals surface area (Å²) in [6.45, 7) is 4.99. The van der Waals surface area contributed by atoms with E-state index in [2.05, 4.69) is 15.4 Å². The summed E-state index contributed by atoms with van der Waals surface area (Å²) >= 11 is 6.89. The van der Waals surface area contributed by atoms with Gasteiger partial charge in [-0.25, -0.2) is 4.98 Å². The quantitative estimate of drug-likeness (QED) is 0.349. The van der Waals surface area contributed by atoms with Crippen LogP contribution in [0.3, 0.4) is 0 Å². The number of aryl methyl sites for hydroxylation is 1. The molecule has 1 atom stereocenters. The number of aromatic nitrogens is 3. The number of rotatable bonds is 5. The lowest BCUT2D eigenvalue weighted by Gasteiger charge is -2.16. The van der Waals surface area contributed by atoms with E-state index in [0.717, 1.165) is 6.07 Å². The molecule has 2 amide bonds. The van der Waals surface area contributed by atoms with E-state index in [1.54, 1.807) is 51.1 Å². The van der Waals surface area contributed by atoms with Crippen LogP contribution in [0.1, 0.15) is 39.7 Å². The van der Waals surface area contributed by atoms with Gasteiger partial charge in [0.1, 0.15) is 21.4 Å². The van der Waals surface area contributed by atoms with Crippen molar-refractivity contribution in [3.63, 3.8) is 0 Å². The third kappa shape index (κ3) is 4.48. The Morgan fingerprint density at radius 2 is 1.86 bits per heavy atom. The van der Waals surface area contributed by atoms with Crippen molar-refractivity contribution in [2.75, 3.05) is 5.32 Å². The molecule has 35 heavy (non-hydrogen) atoms. The number of hydrogen-bond donors (Lipinski definition) is 2. The molecule has 1 aromatic carbocycles. The highest BCUT2D eigenvalue weighted by molar-refractivity contribution is 7.21. The molecule has 1 unspecified atom stereocenters. The van der Waals surface area contributed by atoms with Crippen LogP contribution in [0.15, 0.2) is 36.4 Å². The van der Waals surface area contributed by atoms with Crippen LogP contribution in [0.5, 0.6) is 0 Å². The number of thiophene rings is 1. The third-order valence-electron chi connectivity index (χ3n) is 5.49. The zero-order chi connectivity index (χ0) is 25.7. The van der Waals surface area contributed by atoms with Crippen LogP contribution < -0.4 is 11.1 Å². The molecule has 7 nitrogen and oxygen atoms in total. The molecule has 3 aromatic heterocycles. The van der Waals surface area contributed by atoms with Crippen LogP contribution in [-0.4, -0.2) is 26.6 Å². The van der Waals surface area contributed by atoms with Gasteiger partial charge in [-0.3, -0.25) is 14.3 Å². The molecule has 0 fully saturated rings. The van der Waals surface area contributed by atoms with Crippen molar-refractivity contribution in [3.8, 4) is 11.1 Å². The van der Waals surface area contributed by atoms with Gasteiger partial charge in [-0.1, -0.05) is 41.9 Å². The molecule has 0 radical (unpaired) electrons. The maximum absolute atomic E-state index is 13.6. The zero-order valence-corrected chi connectivity index (χ0v) is 20.3. The van der Waals surface area contributed by atoms with E-state index in [9.17, 15) is 22.8 Å². The van der Waals surface area contributed by atoms with Gasteiger partial charge in [0.2, 0.25) is 5.91 Å². The number of carbonyl (C=O) groups excluding carboxylic acids is 2. The number of amides is 2. The van der Waals surface area contributed by atoms with Crippen molar-refractivity contribution in [3.05, 3.63) is 63.4 Å². The second kappa shape index (κ2) is 8.97. The molecule has 0 saturated heterocycles. The lowest BCUT2D eigenvalue weighted by Crippen LogP contribution is -2.26. The fraction of sp³-hybridized carbons (Fsp3) is 0.217. The molecule has 4 rings (SSSR count). The Balaban J connectivity index is 1.91. The summed E-state index contributed by atoms with van der Waals surface area (Å²) in [5.41, 5.74) is 6.13. The maximum atomic E-state index is 13.6. The zero-order valence-electron chi connectivity index (χ0n) is 18.7. The summed E-state index contributed by atoms with van der Waals surface area (Å²) in [5.74, 6) is -1.47. The summed E-state index contributed by atoms with van der Waals surface area (Å²) in [7, 11) is 0. The van der Waals surface area contributed by atoms with Gasteiger partial charge in [-0.05, 0) is 38.0 Å². The minimum Gasteiger partial charge on any atom is -0.365 e. The SMILES string of the molecule is Cc1nn(C(C)C(=O)Nc2c(C(N)=O)sc3nc(C(F)(F)F)cc(-c4ccccc4)c23)c(C)c1Cl. The summed E-state index contributed by atoms with van der Waals surface area (Å²) < 4.78 is 42.3. The van der Waals surface area contributed by atoms with E-state index >= 15 is 0 Å². The van der Waals surface area contributed by atoms with Crippen molar-refractivity contribution in [1.29, 1.82) is 0 Å². The third-order valence-corrected chi connectivity index (χ3v) is 7.14. The highest BCUT2D eigenvalue weighted by atomic mass is 35.5. The summed E-state index contributed by atoms with van der Waals surface area (Å²) in [5, 5.41) is 7.57. The van der Waals surface area contributed by atoms with Gasteiger partial charge in [0, 0.05) is 5.39 Å². The van der Waals surface area contributed by atoms with Crippen LogP contribution in [0, 0.1) is 13.8 Å². The van der Waals surface area contributed by atoms with E-state index in [1.807, 2.05) is 0 Å². The normalized spacial score (nSPS) is 12.7. The lowest BCUT2D eigenvalue weighted by atomic mass is 10.0. The largest absolute Gasteiger partial charge is 0.433 e. The summed E-state index contributed by atoms with van der Waals surface area (Å²) in [6, 6.07) is 8.37. The number of nitrogens with zero attached hydrogens (tertiary/aromatic N) is 3. The lowest BCUT2D eigenvalue weighted by molar-refractivity contribution is -0.140. The minimum atomic E-state index is -4.72. The molecule has 0 bridgehead atoms. The first kappa shape index (κ1) is 24.7. The molecule has 3 heterocycles. The molecule has 12 heteroatoms. The predicted octanol–water partition coefficient (Wildman–Crippen LogP) is 5.75. The van der Waals surface area contributed by atoms with Gasteiger partial charge in [0.15, 0.2) is 0 Å². The Hall–Kier alpha value is -3.44. The van der Waals surface area contributed by atoms with E-state index < -0.39 is 29.7 Å². The van der Waals surface area contributed by atoms with Crippen molar-refractivity contribution in [2.24, 2.45) is 5.73 Å². The number of halogens is 4. The van der Waals surface area contributed by atoms with Crippen LogP contribution in [0.4, 0.5) is 18.9 Å². The number of hydrogen-bond acceptors (Lipinski definition) is 5. The predicted molar refractivity (Wildman–Crippen MR) is 129 cm³/mol. The second-order valence-corrected chi connectivity index (χ2v) is 9.24. The first-order valence-electron chi connectivity index (χ1n) is 10.3. The van der Waals surface area contributed by atoms with Crippen LogP contribution in [-0.2, 0) is 11.0 Å². The van der Waals surface area contributed by atoms with Crippen LogP contribution in [0.25, 0.3) is 21.3 Å². The Morgan fingerprint density at radius 3 is 2.40 bits per heavy atom. The standard InChI is InChI=1S/C23H19ClF3N5O2S/c1-10-17(24)11(2)32(31-10)12(3)21(34)30-18-16-14(13-7-5-4-6-8-13)9-15(23(25,26)27)29-22(16)35-19(18)20(28)33/h4-9,12H,1-3H3,(H2,28,33)(H,30,34). The number of anilines is 1. The van der Waals surface area contributed by atoms with Crippen LogP contribution in [0.2, 0.25) is 5.02 Å². The fourth-order valence-electron chi connectivity index (χ4n) is 3.74. The van der Waals surface area contributed by atoms with Crippen molar-refractivity contribution < 1.29 is 22.8 Å². The molecule has 0 saturated carbocycles. The molecular formula is C23H19ClF3N5O2S. The Labute approximate surface area is 206 Å². The molecular weight excluding hydrogens is 503 g/mol. The average molecular weight is 522 g/mol. The first-order chi connectivity index (χ1) is 16.4. The summed E-state index contributed by atoms with van der Waals surface area (Å²) in [6.07, 6.45) is -4.72. The number of alkyl halides is 3.